The number of anilines is 4. The van der Waals surface area contributed by atoms with Crippen LogP contribution in [0.25, 0.3) is 43.1 Å². The Labute approximate surface area is 882 Å². The molecule has 0 radical (unpaired) electrons. The van der Waals surface area contributed by atoms with Gasteiger partial charge in [-0.15, -0.1) is 11.3 Å². The maximum absolute atomic E-state index is 13.7. The molecule has 4 atom stereocenters. The molecule has 0 spiro atoms. The number of piperidine rings is 4. The van der Waals surface area contributed by atoms with Crippen LogP contribution in [0.5, 0.6) is 0 Å². The topological polar surface area (TPSA) is 443 Å². The minimum atomic E-state index is -4.33. The lowest BCUT2D eigenvalue weighted by molar-refractivity contribution is -0.123. The molecule has 4 unspecified atom stereocenters. The predicted molar refractivity (Wildman–Crippen MR) is 567 cm³/mol. The largest absolute Gasteiger partial charge is 0.385 e. The van der Waals surface area contributed by atoms with E-state index < -0.39 is 80.4 Å². The Morgan fingerprint density at radius 1 is 0.412 bits per heavy atom. The summed E-state index contributed by atoms with van der Waals surface area (Å²) in [5, 5.41) is 6.78. The number of hydrogen-bond acceptors (Lipinski definition) is 25. The van der Waals surface area contributed by atoms with Gasteiger partial charge in [-0.3, -0.25) is 48.1 Å². The summed E-state index contributed by atoms with van der Waals surface area (Å²) in [7, 11) is -9.60. The van der Waals surface area contributed by atoms with Crippen molar-refractivity contribution >= 4 is 215 Å². The third kappa shape index (κ3) is 21.7. The van der Waals surface area contributed by atoms with Gasteiger partial charge in [0.2, 0.25) is 20.0 Å². The van der Waals surface area contributed by atoms with Gasteiger partial charge in [0.25, 0.3) is 49.2 Å². The first-order valence-corrected chi connectivity index (χ1v) is 57.3. The Morgan fingerprint density at radius 3 is 1.05 bits per heavy atom. The second kappa shape index (κ2) is 46.4. The molecule has 148 heavy (non-hydrogen) atoms. The fourth-order valence-electron chi connectivity index (χ4n) is 21.2. The van der Waals surface area contributed by atoms with Gasteiger partial charge in [0.1, 0.15) is 19.3 Å². The number of thiophene rings is 1. The number of methoxy groups -OCH3 is 4. The molecule has 20 rings (SSSR count). The number of nitrogens with one attached hydrogen (secondary N) is 3. The van der Waals surface area contributed by atoms with Crippen molar-refractivity contribution in [1.29, 1.82) is 0 Å². The number of imidazole rings is 1. The number of pyridine rings is 1. The lowest BCUT2D eigenvalue weighted by Gasteiger charge is -2.33. The van der Waals surface area contributed by atoms with E-state index >= 15 is 0 Å². The highest BCUT2D eigenvalue weighted by atomic mass is 79.9. The molecule has 44 heteroatoms. The molecule has 4 fully saturated rings. The maximum Gasteiger partial charge on any atom is 0.325 e. The van der Waals surface area contributed by atoms with Gasteiger partial charge in [-0.05, 0) is 197 Å². The molecule has 3 N–H and O–H groups in total. The van der Waals surface area contributed by atoms with E-state index in [9.17, 15) is 81.6 Å². The number of nitrogens with zero attached hydrogens (tertiary/aromatic N) is 10. The second-order valence-corrected chi connectivity index (χ2v) is 48.1. The Morgan fingerprint density at radius 2 is 0.743 bits per heavy atom. The van der Waals surface area contributed by atoms with E-state index in [0.29, 0.717) is 168 Å². The summed E-state index contributed by atoms with van der Waals surface area (Å²) in [6.07, 6.45) is 15.0. The first-order chi connectivity index (χ1) is 71.1. The summed E-state index contributed by atoms with van der Waals surface area (Å²) in [5.74, 6) is -1.05. The van der Waals surface area contributed by atoms with E-state index in [1.54, 1.807) is 66.2 Å². The fourth-order valence-corrected chi connectivity index (χ4v) is 30.5. The fraction of sp³-hybridized carbons (Fsp3) is 0.385. The Bertz CT molecular complexity index is 7850. The van der Waals surface area contributed by atoms with Crippen molar-refractivity contribution in [2.24, 2.45) is 0 Å². The molecule has 8 aliphatic heterocycles. The zero-order valence-electron chi connectivity index (χ0n) is 81.5. The van der Waals surface area contributed by atoms with Gasteiger partial charge in [-0.2, -0.15) is 17.2 Å². The normalized spacial score (nSPS) is 18.1. The average Bonchev–Trinajstić information content (AvgIpc) is 1.59. The summed E-state index contributed by atoms with van der Waals surface area (Å²) in [6, 6.07) is 36.6. The van der Waals surface area contributed by atoms with E-state index in [0.717, 1.165) is 130 Å². The number of aromatic nitrogens is 5. The molecule has 4 amide bonds. The van der Waals surface area contributed by atoms with Crippen LogP contribution in [0.3, 0.4) is 0 Å². The van der Waals surface area contributed by atoms with Gasteiger partial charge in [-0.25, -0.2) is 48.4 Å². The molecule has 8 aliphatic rings. The van der Waals surface area contributed by atoms with Crippen molar-refractivity contribution in [2.75, 3.05) is 127 Å². The van der Waals surface area contributed by atoms with Crippen molar-refractivity contribution in [3.8, 4) is 0 Å². The number of H-pyrrole nitrogens is 3. The number of hydrogen-bond donors (Lipinski definition) is 3. The lowest BCUT2D eigenvalue weighted by Crippen LogP contribution is -2.49. The standard InChI is InChI=1S/C27H27BrClN3O5S.C26H26Cl2N2O5S2.C26H28N4O7S.C25H28N4O5S/c1-37-13-5-11-31-23-10-9-17(19-6-4-7-20(25(19)23)27(31)34)14-24(33)22-8-2-3-12-32(22)38(35,36)18-15-21(28)26(29)30-16-18;1-35-13-5-11-29-20-10-9-16(17-6-4-7-18(24(17)20)26(29)32)14-21(31)19-8-2-3-12-30(19)37(33,34)22-15-23(27)36-25(22)28;1-37-13-5-11-29-20-10-9-16(17-6-4-7-18(23(17)20)25(29)33)14-21(31)19-8-2-3-12-30(19)38(35,36)22-15-27-26(34)28-24(22)32;1-34-13-5-11-28-21-10-9-17(18-6-4-7-19(24(18)21)25(28)31)14-22(30)20-8-2-3-12-29(20)35(32,33)23-15-26-16-27-23/h4,6-7,9-10,15-16,22H,2-3,5,8,11-14H2,1H3;4,6-7,9-10,15,19H,2-3,5,8,11-14H2,1H3;4,6-7,9-10,15,19H,2-3,5,8,11-14H2,1H3,(H2,27,28,32,34);4,6-7,9-10,15-16,20H,2-3,5,8,11-14H2,1H3,(H,26,27). The number of Topliss-reactive ketones (excluding diaryl/α,β-unsaturated/α-hetero) is 4. The third-order valence-corrected chi connectivity index (χ3v) is 38.6. The smallest absolute Gasteiger partial charge is 0.325 e. The Kier molecular flexibility index (Phi) is 33.9. The van der Waals surface area contributed by atoms with Crippen LogP contribution >= 0.6 is 62.1 Å². The highest BCUT2D eigenvalue weighted by Gasteiger charge is 2.46. The van der Waals surface area contributed by atoms with Crippen LogP contribution in [0, 0.1) is 0 Å². The number of ketones is 4. The van der Waals surface area contributed by atoms with Crippen LogP contribution in [0.15, 0.2) is 192 Å². The van der Waals surface area contributed by atoms with Crippen LogP contribution in [-0.2, 0) is 104 Å². The number of benzene rings is 8. The van der Waals surface area contributed by atoms with Gasteiger partial charge < -0.3 is 48.5 Å². The van der Waals surface area contributed by atoms with E-state index in [-0.39, 0.29) is 121 Å². The summed E-state index contributed by atoms with van der Waals surface area (Å²) >= 11 is 22.4. The molecule has 4 aromatic heterocycles. The Balaban J connectivity index is 0.000000135. The molecule has 780 valence electrons. The van der Waals surface area contributed by atoms with Crippen molar-refractivity contribution in [3.63, 3.8) is 0 Å². The van der Waals surface area contributed by atoms with Crippen LogP contribution in [0.2, 0.25) is 13.8 Å². The minimum Gasteiger partial charge on any atom is -0.385 e. The predicted octanol–water partition coefficient (Wildman–Crippen LogP) is 15.0. The van der Waals surface area contributed by atoms with Gasteiger partial charge in [0.05, 0.1) is 68.3 Å². The quantitative estimate of drug-likeness (QED) is 0.0242. The third-order valence-electron chi connectivity index (χ3n) is 28.2. The monoisotopic (exact) mass is 2240 g/mol. The highest BCUT2D eigenvalue weighted by Crippen LogP contribution is 2.47. The van der Waals surface area contributed by atoms with Crippen molar-refractivity contribution < 1.29 is 91.0 Å². The van der Waals surface area contributed by atoms with Crippen molar-refractivity contribution in [3.05, 3.63) is 242 Å². The molecule has 35 nitrogen and oxygen atoms in total. The summed E-state index contributed by atoms with van der Waals surface area (Å²) in [4.78, 5) is 151. The summed E-state index contributed by atoms with van der Waals surface area (Å²) in [6.45, 7) is 5.24. The zero-order valence-corrected chi connectivity index (χ0v) is 89.4. The van der Waals surface area contributed by atoms with Gasteiger partial charge >= 0.3 is 5.69 Å². The number of ether oxygens (including phenoxy) is 4. The second-order valence-electron chi connectivity index (χ2n) is 37.2. The van der Waals surface area contributed by atoms with Crippen LogP contribution in [-0.4, -0.2) is 254 Å². The number of halogens is 4. The first-order valence-electron chi connectivity index (χ1n) is 48.8. The number of carbonyl (C=O) groups is 8. The van der Waals surface area contributed by atoms with Crippen molar-refractivity contribution in [1.82, 2.24) is 42.1 Å². The number of amides is 4. The van der Waals surface area contributed by atoms with Gasteiger partial charge in [0.15, 0.2) is 33.1 Å². The van der Waals surface area contributed by atoms with Gasteiger partial charge in [-0.1, -0.05) is 133 Å². The molecule has 12 aromatic rings. The maximum atomic E-state index is 13.7. The molecule has 4 saturated heterocycles. The van der Waals surface area contributed by atoms with Crippen molar-refractivity contribution in [2.45, 2.75) is 172 Å². The SMILES string of the molecule is COCCCN1C(=O)c2cccc3c(CC(=O)C4CCCCN4S(=O)(=O)c4c[nH]c(=O)[nH]c4=O)ccc1c23.COCCCN1C(=O)c2cccc3c(CC(=O)C4CCCCN4S(=O)(=O)c4cc(Cl)sc4Cl)ccc1c23.COCCCN1C(=O)c2cccc3c(CC(=O)C4CCCCN4S(=O)(=O)c4cnc(Cl)c(Br)c4)ccc1c23.COCCCN1C(=O)c2cccc3c(CC(=O)C4CCCCN4S(=O)(=O)c4cnc[nH]4)ccc1c23. The number of carbonyl (C=O) groups excluding carboxylic acids is 8. The van der Waals surface area contributed by atoms with E-state index in [1.165, 1.54) is 43.8 Å². The van der Waals surface area contributed by atoms with E-state index in [2.05, 4.69) is 35.9 Å². The molecule has 0 bridgehead atoms. The number of aromatic amines is 3. The van der Waals surface area contributed by atoms with E-state index in [4.69, 9.17) is 53.8 Å². The molecule has 0 aliphatic carbocycles. The molecule has 0 saturated carbocycles. The van der Waals surface area contributed by atoms with Crippen LogP contribution in [0.1, 0.15) is 166 Å². The first kappa shape index (κ1) is 108. The van der Waals surface area contributed by atoms with Crippen LogP contribution < -0.4 is 30.8 Å². The number of sulfonamides is 4. The average molecular weight is 2240 g/mol. The molecular formula is C104H109BrCl3N13O22S5. The van der Waals surface area contributed by atoms with E-state index in [1.807, 2.05) is 108 Å². The van der Waals surface area contributed by atoms with Gasteiger partial charge in [0, 0.05) is 189 Å². The lowest BCUT2D eigenvalue weighted by atomic mass is 9.93. The molecule has 12 heterocycles. The molecule has 8 aromatic carbocycles. The minimum absolute atomic E-state index is 0.00499. The number of rotatable bonds is 36. The Hall–Kier alpha value is -11.1. The summed E-state index contributed by atoms with van der Waals surface area (Å²) in [5.41, 5.74) is 6.92. The highest BCUT2D eigenvalue weighted by molar-refractivity contribution is 9.10. The zero-order chi connectivity index (χ0) is 105. The molecular weight excluding hydrogens is 2130 g/mol. The summed E-state index contributed by atoms with van der Waals surface area (Å²) < 4.78 is 133. The van der Waals surface area contributed by atoms with Crippen LogP contribution in [0.4, 0.5) is 22.7 Å².